The second-order valence-corrected chi connectivity index (χ2v) is 10.2. The number of aromatic nitrogens is 2. The molecule has 1 amide bonds. The molecule has 32 heavy (non-hydrogen) atoms. The molecule has 0 saturated carbocycles. The molecule has 0 radical (unpaired) electrons. The molecule has 174 valence electrons. The molecule has 2 fully saturated rings. The van der Waals surface area contributed by atoms with Crippen molar-refractivity contribution in [3.05, 3.63) is 41.5 Å². The summed E-state index contributed by atoms with van der Waals surface area (Å²) in [6, 6.07) is 5.94. The summed E-state index contributed by atoms with van der Waals surface area (Å²) in [6.07, 6.45) is 1.81. The van der Waals surface area contributed by atoms with E-state index in [4.69, 9.17) is 4.52 Å². The topological polar surface area (TPSA) is 103 Å². The Kier molecular flexibility index (Phi) is 6.89. The zero-order valence-electron chi connectivity index (χ0n) is 18.6. The van der Waals surface area contributed by atoms with Gasteiger partial charge >= 0.3 is 0 Å². The molecule has 0 atom stereocenters. The van der Waals surface area contributed by atoms with E-state index >= 15 is 0 Å². The van der Waals surface area contributed by atoms with Crippen molar-refractivity contribution in [3.63, 3.8) is 0 Å². The number of hydrogen-bond donors (Lipinski definition) is 0. The maximum atomic E-state index is 13.0. The van der Waals surface area contributed by atoms with Crippen LogP contribution >= 0.6 is 0 Å². The van der Waals surface area contributed by atoms with Crippen LogP contribution in [-0.4, -0.2) is 102 Å². The number of pyridine rings is 1. The highest BCUT2D eigenvalue weighted by Gasteiger charge is 2.34. The first kappa shape index (κ1) is 22.8. The van der Waals surface area contributed by atoms with E-state index in [1.807, 2.05) is 24.4 Å². The van der Waals surface area contributed by atoms with Gasteiger partial charge in [-0.1, -0.05) is 11.2 Å². The lowest BCUT2D eigenvalue weighted by Gasteiger charge is -2.37. The number of piperazine rings is 2. The third-order valence-electron chi connectivity index (χ3n) is 6.09. The van der Waals surface area contributed by atoms with Crippen LogP contribution in [0.4, 0.5) is 0 Å². The van der Waals surface area contributed by atoms with Crippen LogP contribution in [0.3, 0.4) is 0 Å². The van der Waals surface area contributed by atoms with Gasteiger partial charge in [0.25, 0.3) is 0 Å². The Bertz CT molecular complexity index is 1010. The molecule has 2 aromatic rings. The summed E-state index contributed by atoms with van der Waals surface area (Å²) in [4.78, 5) is 23.6. The highest BCUT2D eigenvalue weighted by molar-refractivity contribution is 7.89. The van der Waals surface area contributed by atoms with Crippen LogP contribution in [0.15, 0.2) is 33.8 Å². The second-order valence-electron chi connectivity index (χ2n) is 8.31. The van der Waals surface area contributed by atoms with Crippen molar-refractivity contribution in [1.29, 1.82) is 0 Å². The van der Waals surface area contributed by atoms with E-state index in [1.165, 1.54) is 4.31 Å². The van der Waals surface area contributed by atoms with Crippen LogP contribution in [0.2, 0.25) is 0 Å². The Morgan fingerprint density at radius 1 is 1.00 bits per heavy atom. The maximum Gasteiger partial charge on any atom is 0.248 e. The van der Waals surface area contributed by atoms with Gasteiger partial charge in [-0.3, -0.25) is 19.6 Å². The average Bonchev–Trinajstić information content (AvgIpc) is 3.14. The van der Waals surface area contributed by atoms with Crippen molar-refractivity contribution < 1.29 is 17.7 Å². The number of aryl methyl sites for hydroxylation is 2. The first-order valence-electron chi connectivity index (χ1n) is 10.9. The van der Waals surface area contributed by atoms with Gasteiger partial charge in [-0.15, -0.1) is 0 Å². The molecule has 11 heteroatoms. The van der Waals surface area contributed by atoms with Crippen molar-refractivity contribution in [3.8, 4) is 0 Å². The molecule has 0 aromatic carbocycles. The van der Waals surface area contributed by atoms with Gasteiger partial charge in [-0.2, -0.15) is 4.31 Å². The number of carbonyl (C=O) groups excluding carboxylic acids is 1. The fraction of sp³-hybridized carbons (Fsp3) is 0.571. The van der Waals surface area contributed by atoms with Crippen LogP contribution in [-0.2, 0) is 21.4 Å². The van der Waals surface area contributed by atoms with Crippen molar-refractivity contribution in [2.75, 3.05) is 58.9 Å². The van der Waals surface area contributed by atoms with Crippen LogP contribution in [0.25, 0.3) is 0 Å². The summed E-state index contributed by atoms with van der Waals surface area (Å²) in [5, 5.41) is 3.76. The van der Waals surface area contributed by atoms with Crippen LogP contribution < -0.4 is 0 Å². The smallest absolute Gasteiger partial charge is 0.248 e. The molecule has 0 unspecified atom stereocenters. The number of sulfonamides is 1. The Labute approximate surface area is 188 Å². The van der Waals surface area contributed by atoms with Crippen molar-refractivity contribution >= 4 is 15.9 Å². The fourth-order valence-electron chi connectivity index (χ4n) is 4.27. The van der Waals surface area contributed by atoms with Crippen molar-refractivity contribution in [2.45, 2.75) is 25.3 Å². The van der Waals surface area contributed by atoms with Gasteiger partial charge in [0.05, 0.1) is 12.2 Å². The molecular formula is C21H30N6O4S. The van der Waals surface area contributed by atoms with Crippen molar-refractivity contribution in [1.82, 2.24) is 29.1 Å². The molecule has 2 aliphatic heterocycles. The molecule has 0 N–H and O–H groups in total. The number of nitrogens with zero attached hydrogens (tertiary/aromatic N) is 6. The Morgan fingerprint density at radius 3 is 2.28 bits per heavy atom. The zero-order chi connectivity index (χ0) is 22.7. The van der Waals surface area contributed by atoms with Crippen LogP contribution in [0, 0.1) is 13.8 Å². The highest BCUT2D eigenvalue weighted by atomic mass is 32.2. The van der Waals surface area contributed by atoms with E-state index in [9.17, 15) is 13.2 Å². The SMILES string of the molecule is Cc1noc(C)c1S(=O)(=O)N1CCN(C(=O)CN2CCN(Cc3ccccn3)CC2)CC1. The van der Waals surface area contributed by atoms with Gasteiger partial charge in [0.2, 0.25) is 15.9 Å². The summed E-state index contributed by atoms with van der Waals surface area (Å²) in [7, 11) is -3.67. The summed E-state index contributed by atoms with van der Waals surface area (Å²) in [6.45, 7) is 9.20. The van der Waals surface area contributed by atoms with Gasteiger partial charge < -0.3 is 9.42 Å². The lowest BCUT2D eigenvalue weighted by atomic mass is 10.2. The van der Waals surface area contributed by atoms with E-state index < -0.39 is 10.0 Å². The number of rotatable bonds is 6. The van der Waals surface area contributed by atoms with E-state index in [-0.39, 0.29) is 23.9 Å². The van der Waals surface area contributed by atoms with E-state index in [1.54, 1.807) is 18.7 Å². The van der Waals surface area contributed by atoms with Gasteiger partial charge in [0.1, 0.15) is 10.6 Å². The molecule has 4 heterocycles. The van der Waals surface area contributed by atoms with E-state index in [2.05, 4.69) is 19.9 Å². The molecule has 2 aliphatic rings. The minimum absolute atomic E-state index is 0.0533. The maximum absolute atomic E-state index is 13.0. The standard InChI is InChI=1S/C21H30N6O4S/c1-17-21(18(2)31-23-17)32(29,30)27-13-11-26(12-14-27)20(28)16-25-9-7-24(8-10-25)15-19-5-3-4-6-22-19/h3-6H,7-16H2,1-2H3. The number of amides is 1. The van der Waals surface area contributed by atoms with Crippen LogP contribution in [0.5, 0.6) is 0 Å². The fourth-order valence-corrected chi connectivity index (χ4v) is 5.98. The Hall–Kier alpha value is -2.34. The lowest BCUT2D eigenvalue weighted by Crippen LogP contribution is -2.54. The Balaban J connectivity index is 1.24. The van der Waals surface area contributed by atoms with Crippen molar-refractivity contribution in [2.24, 2.45) is 0 Å². The average molecular weight is 463 g/mol. The highest BCUT2D eigenvalue weighted by Crippen LogP contribution is 2.24. The second kappa shape index (κ2) is 9.65. The molecule has 0 spiro atoms. The minimum atomic E-state index is -3.67. The number of carbonyl (C=O) groups is 1. The normalized spacial score (nSPS) is 19.4. The quantitative estimate of drug-likeness (QED) is 0.605. The third kappa shape index (κ3) is 5.01. The van der Waals surface area contributed by atoms with E-state index in [0.717, 1.165) is 38.4 Å². The van der Waals surface area contributed by atoms with Gasteiger partial charge in [-0.25, -0.2) is 8.42 Å². The molecule has 0 aliphatic carbocycles. The summed E-state index contributed by atoms with van der Waals surface area (Å²) in [5.41, 5.74) is 1.42. The molecule has 4 rings (SSSR count). The summed E-state index contributed by atoms with van der Waals surface area (Å²) in [5.74, 6) is 0.348. The zero-order valence-corrected chi connectivity index (χ0v) is 19.4. The predicted octanol–water partition coefficient (Wildman–Crippen LogP) is 0.337. The van der Waals surface area contributed by atoms with Gasteiger partial charge in [0, 0.05) is 65.1 Å². The molecular weight excluding hydrogens is 432 g/mol. The minimum Gasteiger partial charge on any atom is -0.360 e. The lowest BCUT2D eigenvalue weighted by molar-refractivity contribution is -0.134. The summed E-state index contributed by atoms with van der Waals surface area (Å²) < 4.78 is 32.3. The first-order valence-corrected chi connectivity index (χ1v) is 12.3. The summed E-state index contributed by atoms with van der Waals surface area (Å²) >= 11 is 0. The van der Waals surface area contributed by atoms with Gasteiger partial charge in [-0.05, 0) is 26.0 Å². The van der Waals surface area contributed by atoms with Crippen LogP contribution in [0.1, 0.15) is 17.1 Å². The largest absolute Gasteiger partial charge is 0.360 e. The predicted molar refractivity (Wildman–Crippen MR) is 117 cm³/mol. The monoisotopic (exact) mass is 462 g/mol. The van der Waals surface area contributed by atoms with Gasteiger partial charge in [0.15, 0.2) is 5.76 Å². The molecule has 2 aromatic heterocycles. The molecule has 10 nitrogen and oxygen atoms in total. The third-order valence-corrected chi connectivity index (χ3v) is 8.24. The van der Waals surface area contributed by atoms with E-state index in [0.29, 0.717) is 31.1 Å². The Morgan fingerprint density at radius 2 is 1.69 bits per heavy atom. The number of hydrogen-bond acceptors (Lipinski definition) is 8. The molecule has 0 bridgehead atoms. The first-order chi connectivity index (χ1) is 15.3. The molecule has 2 saturated heterocycles.